The number of allylic oxidation sites excluding steroid dienone is 1. The minimum absolute atomic E-state index is 0.165. The van der Waals surface area contributed by atoms with Crippen molar-refractivity contribution in [2.75, 3.05) is 39.8 Å². The second-order valence-electron chi connectivity index (χ2n) is 6.34. The molecule has 0 N–H and O–H groups in total. The van der Waals surface area contributed by atoms with Gasteiger partial charge in [0.05, 0.1) is 0 Å². The highest BCUT2D eigenvalue weighted by Gasteiger charge is 2.32. The number of carbonyl (C=O) groups is 1. The summed E-state index contributed by atoms with van der Waals surface area (Å²) >= 11 is -0.592. The normalized spacial score (nSPS) is 24.5. The van der Waals surface area contributed by atoms with Crippen LogP contribution in [0.1, 0.15) is 19.3 Å². The molecule has 3 aliphatic heterocycles. The van der Waals surface area contributed by atoms with Crippen LogP contribution in [0.5, 0.6) is 0 Å². The molecule has 2 amide bonds. The summed E-state index contributed by atoms with van der Waals surface area (Å²) in [6.07, 6.45) is 8.61. The molecule has 3 aliphatic rings. The van der Waals surface area contributed by atoms with Crippen LogP contribution in [0.25, 0.3) is 0 Å². The third-order valence-corrected chi connectivity index (χ3v) is 6.23. The summed E-state index contributed by atoms with van der Waals surface area (Å²) < 4.78 is 2.97. The predicted octanol–water partition coefficient (Wildman–Crippen LogP) is 2.15. The van der Waals surface area contributed by atoms with Crippen molar-refractivity contribution in [1.29, 1.82) is 0 Å². The third-order valence-electron chi connectivity index (χ3n) is 4.68. The Morgan fingerprint density at radius 1 is 1.26 bits per heavy atom. The van der Waals surface area contributed by atoms with Crippen LogP contribution in [0.15, 0.2) is 23.9 Å². The highest BCUT2D eigenvalue weighted by molar-refractivity contribution is 14.2. The van der Waals surface area contributed by atoms with Gasteiger partial charge in [-0.25, -0.2) is 4.79 Å². The lowest BCUT2D eigenvalue weighted by Crippen LogP contribution is -2.55. The molecule has 0 radical (unpaired) electrons. The number of rotatable bonds is 3. The fraction of sp³-hybridized carbons (Fsp3) is 0.625. The molecule has 2 saturated heterocycles. The molecule has 0 aliphatic carbocycles. The van der Waals surface area contributed by atoms with Crippen molar-refractivity contribution in [3.8, 4) is 0 Å². The van der Waals surface area contributed by atoms with Gasteiger partial charge in [0.25, 0.3) is 0 Å². The number of urea groups is 1. The molecule has 0 unspecified atom stereocenters. The Morgan fingerprint density at radius 2 is 2.04 bits per heavy atom. The smallest absolute Gasteiger partial charge is 0.320 e. The Hall–Kier alpha value is -0.930. The van der Waals surface area contributed by atoms with Crippen LogP contribution in [0, 0.1) is 5.21 Å². The molecule has 3 heterocycles. The fourth-order valence-electron chi connectivity index (χ4n) is 3.33. The molecule has 23 heavy (non-hydrogen) atoms. The van der Waals surface area contributed by atoms with Crippen LogP contribution >= 0.6 is 21.0 Å². The van der Waals surface area contributed by atoms with E-state index in [2.05, 4.69) is 16.8 Å². The van der Waals surface area contributed by atoms with Crippen molar-refractivity contribution < 1.29 is 4.79 Å². The zero-order chi connectivity index (χ0) is 16.2. The Labute approximate surface area is 148 Å². The average molecular weight is 431 g/mol. The molecule has 3 rings (SSSR count). The maximum Gasteiger partial charge on any atom is 0.320 e. The number of amides is 2. The van der Waals surface area contributed by atoms with E-state index in [-0.39, 0.29) is 6.03 Å². The molecule has 0 aromatic heterocycles. The van der Waals surface area contributed by atoms with E-state index in [9.17, 15) is 10.0 Å². The molecule has 2 fully saturated rings. The Morgan fingerprint density at radius 3 is 2.83 bits per heavy atom. The summed E-state index contributed by atoms with van der Waals surface area (Å²) in [5.41, 5.74) is 1.04. The number of hydroxylamine groups is 1. The van der Waals surface area contributed by atoms with Crippen LogP contribution in [0.4, 0.5) is 4.79 Å². The van der Waals surface area contributed by atoms with Crippen LogP contribution in [-0.4, -0.2) is 73.8 Å². The van der Waals surface area contributed by atoms with E-state index in [0.717, 1.165) is 54.3 Å². The standard InChI is InChI=1S/C16H24IN4O2/c1-18-10-5-15(6-11-18)20-9-2-8-19(16(20)22)13-14-3-7-17-21(23)12-4-14/h3-4,7,12,15H,2,5-6,8-11,13H2,1H3/q-1. The van der Waals surface area contributed by atoms with Gasteiger partial charge < -0.3 is 23.2 Å². The lowest BCUT2D eigenvalue weighted by atomic mass is 10.0. The Balaban J connectivity index is 1.62. The molecule has 0 aromatic carbocycles. The molecule has 0 atom stereocenters. The first-order chi connectivity index (χ1) is 11.1. The number of nitrogens with zero attached hydrogens (tertiary/aromatic N) is 4. The fourth-order valence-corrected chi connectivity index (χ4v) is 4.62. The average Bonchev–Trinajstić information content (AvgIpc) is 2.75. The summed E-state index contributed by atoms with van der Waals surface area (Å²) in [6, 6.07) is 0.549. The molecule has 0 bridgehead atoms. The van der Waals surface area contributed by atoms with Crippen molar-refractivity contribution in [2.45, 2.75) is 25.3 Å². The van der Waals surface area contributed by atoms with Crippen molar-refractivity contribution in [1.82, 2.24) is 18.0 Å². The summed E-state index contributed by atoms with van der Waals surface area (Å²) in [5, 5.41) is 11.4. The first kappa shape index (κ1) is 16.9. The van der Waals surface area contributed by atoms with Gasteiger partial charge in [0, 0.05) is 25.7 Å². The van der Waals surface area contributed by atoms with Gasteiger partial charge in [0.2, 0.25) is 0 Å². The molecular formula is C16H24IN4O2-. The lowest BCUT2D eigenvalue weighted by molar-refractivity contribution is 0.0866. The SMILES string of the molecule is CN1CCC(N2CCCN(CC3=CC=IN([O-])C=C3)C2=O)CC1. The number of hydrogen-bond acceptors (Lipinski definition) is 4. The summed E-state index contributed by atoms with van der Waals surface area (Å²) in [5.74, 6) is 0. The predicted molar refractivity (Wildman–Crippen MR) is 101 cm³/mol. The zero-order valence-electron chi connectivity index (χ0n) is 13.5. The number of halogens is 1. The number of hydrogen-bond donors (Lipinski definition) is 0. The van der Waals surface area contributed by atoms with E-state index in [1.165, 1.54) is 0 Å². The van der Waals surface area contributed by atoms with Gasteiger partial charge in [-0.05, 0) is 82.3 Å². The number of piperidine rings is 1. The van der Waals surface area contributed by atoms with Crippen LogP contribution in [0.3, 0.4) is 0 Å². The van der Waals surface area contributed by atoms with Crippen LogP contribution in [-0.2, 0) is 0 Å². The van der Waals surface area contributed by atoms with Gasteiger partial charge in [-0.1, -0.05) is 6.08 Å². The first-order valence-corrected chi connectivity index (χ1v) is 10.4. The van der Waals surface area contributed by atoms with Crippen molar-refractivity contribution in [3.05, 3.63) is 29.1 Å². The van der Waals surface area contributed by atoms with E-state index in [1.807, 2.05) is 21.1 Å². The van der Waals surface area contributed by atoms with Crippen molar-refractivity contribution in [2.24, 2.45) is 0 Å². The second kappa shape index (κ2) is 7.76. The van der Waals surface area contributed by atoms with Gasteiger partial charge in [-0.3, -0.25) is 0 Å². The highest BCUT2D eigenvalue weighted by atomic mass is 127. The zero-order valence-corrected chi connectivity index (χ0v) is 15.7. The van der Waals surface area contributed by atoms with E-state index in [0.29, 0.717) is 12.6 Å². The molecular weight excluding hydrogens is 407 g/mol. The van der Waals surface area contributed by atoms with E-state index in [4.69, 9.17) is 0 Å². The number of likely N-dealkylation sites (tertiary alicyclic amines) is 1. The maximum absolute atomic E-state index is 12.8. The van der Waals surface area contributed by atoms with Gasteiger partial charge in [0.1, 0.15) is 0 Å². The highest BCUT2D eigenvalue weighted by Crippen LogP contribution is 2.22. The number of carbonyl (C=O) groups excluding carboxylic acids is 1. The van der Waals surface area contributed by atoms with E-state index >= 15 is 0 Å². The topological polar surface area (TPSA) is 53.1 Å². The summed E-state index contributed by atoms with van der Waals surface area (Å²) in [7, 11) is 2.14. The molecule has 7 heteroatoms. The lowest BCUT2D eigenvalue weighted by Gasteiger charge is -2.43. The Bertz CT molecular complexity index is 526. The summed E-state index contributed by atoms with van der Waals surface area (Å²) in [6.45, 7) is 4.43. The first-order valence-electron chi connectivity index (χ1n) is 8.18. The van der Waals surface area contributed by atoms with E-state index < -0.39 is 21.0 Å². The minimum Gasteiger partial charge on any atom is -0.750 e. The molecule has 0 aromatic rings. The van der Waals surface area contributed by atoms with Crippen LogP contribution < -0.4 is 0 Å². The largest absolute Gasteiger partial charge is 0.750 e. The van der Waals surface area contributed by atoms with Gasteiger partial charge in [0.15, 0.2) is 0 Å². The monoisotopic (exact) mass is 431 g/mol. The molecule has 128 valence electrons. The maximum atomic E-state index is 12.8. The third kappa shape index (κ3) is 4.33. The van der Waals surface area contributed by atoms with Crippen molar-refractivity contribution in [3.63, 3.8) is 0 Å². The van der Waals surface area contributed by atoms with Crippen molar-refractivity contribution >= 4 is 31.0 Å². The quantitative estimate of drug-likeness (QED) is 0.508. The van der Waals surface area contributed by atoms with E-state index in [1.54, 1.807) is 6.20 Å². The molecule has 6 nitrogen and oxygen atoms in total. The second-order valence-corrected chi connectivity index (χ2v) is 8.57. The van der Waals surface area contributed by atoms with Gasteiger partial charge >= 0.3 is 6.03 Å². The molecule has 0 saturated carbocycles. The minimum atomic E-state index is -0.592. The molecule has 0 spiro atoms. The van der Waals surface area contributed by atoms with Gasteiger partial charge in [-0.2, -0.15) is 0 Å². The summed E-state index contributed by atoms with van der Waals surface area (Å²) in [4.78, 5) is 19.2. The Kier molecular flexibility index (Phi) is 5.71. The van der Waals surface area contributed by atoms with Crippen LogP contribution in [0.2, 0.25) is 0 Å². The van der Waals surface area contributed by atoms with Gasteiger partial charge in [-0.15, -0.1) is 0 Å².